The van der Waals surface area contributed by atoms with Gasteiger partial charge in [-0.25, -0.2) is 0 Å². The summed E-state index contributed by atoms with van der Waals surface area (Å²) in [5.74, 6) is 0.00774. The van der Waals surface area contributed by atoms with Gasteiger partial charge in [0.15, 0.2) is 0 Å². The topological polar surface area (TPSA) is 68.0 Å². The van der Waals surface area contributed by atoms with E-state index in [1.54, 1.807) is 6.20 Å². The van der Waals surface area contributed by atoms with Gasteiger partial charge in [0.1, 0.15) is 0 Å². The second-order valence-corrected chi connectivity index (χ2v) is 5.60. The zero-order chi connectivity index (χ0) is 13.6. The lowest BCUT2D eigenvalue weighted by atomic mass is 9.85. The predicted octanol–water partition coefficient (Wildman–Crippen LogP) is 1.50. The van der Waals surface area contributed by atoms with Gasteiger partial charge in [-0.1, -0.05) is 26.8 Å². The molecule has 0 radical (unpaired) electrons. The van der Waals surface area contributed by atoms with E-state index in [4.69, 9.17) is 5.73 Å². The molecule has 4 heteroatoms. The molecule has 1 heterocycles. The first kappa shape index (κ1) is 14.6. The third kappa shape index (κ3) is 5.27. The monoisotopic (exact) mass is 249 g/mol. The Kier molecular flexibility index (Phi) is 5.28. The maximum Gasteiger partial charge on any atom is 0.221 e. The Hall–Kier alpha value is -1.42. The molecule has 0 aliphatic carbocycles. The van der Waals surface area contributed by atoms with Crippen LogP contribution in [0, 0.1) is 5.41 Å². The molecule has 1 atom stereocenters. The fourth-order valence-electron chi connectivity index (χ4n) is 1.45. The van der Waals surface area contributed by atoms with E-state index in [1.807, 2.05) is 39.0 Å². The minimum Gasteiger partial charge on any atom is -0.356 e. The van der Waals surface area contributed by atoms with Crippen LogP contribution >= 0.6 is 0 Å². The average Bonchev–Trinajstić information content (AvgIpc) is 2.29. The molecular weight excluding hydrogens is 226 g/mol. The van der Waals surface area contributed by atoms with Gasteiger partial charge in [0.25, 0.3) is 0 Å². The summed E-state index contributed by atoms with van der Waals surface area (Å²) >= 11 is 0. The molecule has 18 heavy (non-hydrogen) atoms. The molecule has 0 fully saturated rings. The van der Waals surface area contributed by atoms with Crippen LogP contribution in [-0.2, 0) is 11.2 Å². The number of aromatic nitrogens is 1. The molecule has 1 rings (SSSR count). The summed E-state index contributed by atoms with van der Waals surface area (Å²) in [6.07, 6.45) is 2.87. The van der Waals surface area contributed by atoms with Crippen LogP contribution < -0.4 is 11.1 Å². The van der Waals surface area contributed by atoms with Gasteiger partial charge in [-0.2, -0.15) is 0 Å². The summed E-state index contributed by atoms with van der Waals surface area (Å²) in [5.41, 5.74) is 6.90. The van der Waals surface area contributed by atoms with Crippen LogP contribution in [0.15, 0.2) is 24.4 Å². The predicted molar refractivity (Wildman–Crippen MR) is 73.0 cm³/mol. The van der Waals surface area contributed by atoms with Crippen molar-refractivity contribution in [2.24, 2.45) is 11.1 Å². The third-order valence-electron chi connectivity index (χ3n) is 2.95. The molecule has 1 aromatic heterocycles. The zero-order valence-electron chi connectivity index (χ0n) is 11.4. The summed E-state index contributed by atoms with van der Waals surface area (Å²) in [5, 5.41) is 2.88. The van der Waals surface area contributed by atoms with Crippen molar-refractivity contribution in [2.75, 3.05) is 6.54 Å². The van der Waals surface area contributed by atoms with Crippen molar-refractivity contribution in [1.29, 1.82) is 0 Å². The number of pyridine rings is 1. The Labute approximate surface area is 109 Å². The fourth-order valence-corrected chi connectivity index (χ4v) is 1.45. The number of nitrogens with one attached hydrogen (secondary N) is 1. The first-order chi connectivity index (χ1) is 8.39. The highest BCUT2D eigenvalue weighted by molar-refractivity contribution is 5.76. The summed E-state index contributed by atoms with van der Waals surface area (Å²) < 4.78 is 0. The summed E-state index contributed by atoms with van der Waals surface area (Å²) in [7, 11) is 0. The van der Waals surface area contributed by atoms with Gasteiger partial charge >= 0.3 is 0 Å². The van der Waals surface area contributed by atoms with E-state index in [-0.39, 0.29) is 17.4 Å². The van der Waals surface area contributed by atoms with Gasteiger partial charge in [-0.05, 0) is 17.5 Å². The quantitative estimate of drug-likeness (QED) is 0.831. The van der Waals surface area contributed by atoms with E-state index in [0.29, 0.717) is 13.0 Å². The maximum atomic E-state index is 11.7. The lowest BCUT2D eigenvalue weighted by Crippen LogP contribution is -2.40. The number of nitrogens with two attached hydrogens (primary N) is 1. The summed E-state index contributed by atoms with van der Waals surface area (Å²) in [6.45, 7) is 6.73. The first-order valence-electron chi connectivity index (χ1n) is 6.32. The van der Waals surface area contributed by atoms with Gasteiger partial charge in [0.05, 0.1) is 0 Å². The molecule has 100 valence electrons. The fraction of sp³-hybridized carbons (Fsp3) is 0.571. The summed E-state index contributed by atoms with van der Waals surface area (Å²) in [4.78, 5) is 15.9. The van der Waals surface area contributed by atoms with Crippen molar-refractivity contribution in [3.8, 4) is 0 Å². The smallest absolute Gasteiger partial charge is 0.221 e. The standard InChI is InChI=1S/C14H23N3O/c1-14(2,3)12(15)10-13(18)17-9-7-11-6-4-5-8-16-11/h4-6,8,12H,7,9-10,15H2,1-3H3,(H,17,18). The lowest BCUT2D eigenvalue weighted by Gasteiger charge is -2.26. The van der Waals surface area contributed by atoms with Crippen molar-refractivity contribution in [1.82, 2.24) is 10.3 Å². The number of hydrogen-bond acceptors (Lipinski definition) is 3. The molecule has 0 aliphatic rings. The highest BCUT2D eigenvalue weighted by atomic mass is 16.1. The van der Waals surface area contributed by atoms with Crippen molar-refractivity contribution < 1.29 is 4.79 Å². The molecule has 0 aliphatic heterocycles. The molecule has 0 spiro atoms. The van der Waals surface area contributed by atoms with E-state index < -0.39 is 0 Å². The zero-order valence-corrected chi connectivity index (χ0v) is 11.4. The molecule has 1 aromatic rings. The minimum atomic E-state index is -0.118. The number of amides is 1. The molecule has 4 nitrogen and oxygen atoms in total. The van der Waals surface area contributed by atoms with E-state index in [0.717, 1.165) is 12.1 Å². The molecular formula is C14H23N3O. The second-order valence-electron chi connectivity index (χ2n) is 5.60. The first-order valence-corrected chi connectivity index (χ1v) is 6.32. The molecule has 0 saturated carbocycles. The Bertz CT molecular complexity index is 370. The van der Waals surface area contributed by atoms with Gasteiger partial charge in [-0.3, -0.25) is 9.78 Å². The van der Waals surface area contributed by atoms with Gasteiger partial charge in [-0.15, -0.1) is 0 Å². The van der Waals surface area contributed by atoms with E-state index >= 15 is 0 Å². The van der Waals surface area contributed by atoms with Crippen LogP contribution in [0.3, 0.4) is 0 Å². The van der Waals surface area contributed by atoms with E-state index in [9.17, 15) is 4.79 Å². The van der Waals surface area contributed by atoms with Crippen LogP contribution in [0.4, 0.5) is 0 Å². The summed E-state index contributed by atoms with van der Waals surface area (Å²) in [6, 6.07) is 5.66. The number of carbonyl (C=O) groups excluding carboxylic acids is 1. The molecule has 1 unspecified atom stereocenters. The van der Waals surface area contributed by atoms with Crippen LogP contribution in [0.2, 0.25) is 0 Å². The molecule has 1 amide bonds. The van der Waals surface area contributed by atoms with Gasteiger partial charge in [0, 0.05) is 37.3 Å². The van der Waals surface area contributed by atoms with Crippen LogP contribution in [0.1, 0.15) is 32.9 Å². The van der Waals surface area contributed by atoms with Crippen molar-refractivity contribution in [2.45, 2.75) is 39.7 Å². The lowest BCUT2D eigenvalue weighted by molar-refractivity contribution is -0.121. The van der Waals surface area contributed by atoms with E-state index in [1.165, 1.54) is 0 Å². The SMILES string of the molecule is CC(C)(C)C(N)CC(=O)NCCc1ccccn1. The molecule has 0 bridgehead atoms. The highest BCUT2D eigenvalue weighted by Gasteiger charge is 2.22. The van der Waals surface area contributed by atoms with Crippen molar-refractivity contribution >= 4 is 5.91 Å². The number of carbonyl (C=O) groups is 1. The highest BCUT2D eigenvalue weighted by Crippen LogP contribution is 2.19. The normalized spacial score (nSPS) is 13.1. The maximum absolute atomic E-state index is 11.7. The van der Waals surface area contributed by atoms with Crippen LogP contribution in [0.5, 0.6) is 0 Å². The van der Waals surface area contributed by atoms with Crippen molar-refractivity contribution in [3.05, 3.63) is 30.1 Å². The average molecular weight is 249 g/mol. The molecule has 0 saturated heterocycles. The minimum absolute atomic E-state index is 0.00774. The molecule has 0 aromatic carbocycles. The van der Waals surface area contributed by atoms with Crippen LogP contribution in [-0.4, -0.2) is 23.5 Å². The number of nitrogens with zero attached hydrogens (tertiary/aromatic N) is 1. The van der Waals surface area contributed by atoms with Crippen LogP contribution in [0.25, 0.3) is 0 Å². The Morgan fingerprint density at radius 2 is 2.17 bits per heavy atom. The number of rotatable bonds is 5. The Morgan fingerprint density at radius 1 is 1.44 bits per heavy atom. The third-order valence-corrected chi connectivity index (χ3v) is 2.95. The Balaban J connectivity index is 2.26. The van der Waals surface area contributed by atoms with E-state index in [2.05, 4.69) is 10.3 Å². The molecule has 3 N–H and O–H groups in total. The Morgan fingerprint density at radius 3 is 2.72 bits per heavy atom. The largest absolute Gasteiger partial charge is 0.356 e. The number of hydrogen-bond donors (Lipinski definition) is 2. The van der Waals surface area contributed by atoms with Gasteiger partial charge in [0.2, 0.25) is 5.91 Å². The van der Waals surface area contributed by atoms with Gasteiger partial charge < -0.3 is 11.1 Å². The second kappa shape index (κ2) is 6.50. The van der Waals surface area contributed by atoms with Crippen molar-refractivity contribution in [3.63, 3.8) is 0 Å².